The number of thiazole rings is 1. The van der Waals surface area contributed by atoms with Crippen LogP contribution in [0.15, 0.2) is 41.9 Å². The third-order valence-corrected chi connectivity index (χ3v) is 14.2. The van der Waals surface area contributed by atoms with Crippen molar-refractivity contribution in [2.45, 2.75) is 104 Å². The van der Waals surface area contributed by atoms with Crippen LogP contribution in [0, 0.1) is 16.7 Å². The number of benzene rings is 1. The van der Waals surface area contributed by atoms with E-state index >= 15 is 0 Å². The van der Waals surface area contributed by atoms with Crippen molar-refractivity contribution in [1.82, 2.24) is 40.1 Å². The summed E-state index contributed by atoms with van der Waals surface area (Å²) >= 11 is 1.41. The van der Waals surface area contributed by atoms with E-state index in [1.165, 1.54) is 28.4 Å². The smallest absolute Gasteiger partial charge is 0.409 e. The fourth-order valence-corrected chi connectivity index (χ4v) is 10.8. The normalized spacial score (nSPS) is 22.0. The fourth-order valence-electron chi connectivity index (χ4n) is 9.97. The Morgan fingerprint density at radius 3 is 2.59 bits per heavy atom. The maximum Gasteiger partial charge on any atom is 0.409 e. The van der Waals surface area contributed by atoms with Gasteiger partial charge in [0.1, 0.15) is 18.1 Å². The van der Waals surface area contributed by atoms with Crippen LogP contribution in [-0.4, -0.2) is 124 Å². The molecule has 17 heteroatoms. The highest BCUT2D eigenvalue weighted by atomic mass is 32.1. The molecule has 8 rings (SSSR count). The van der Waals surface area contributed by atoms with Gasteiger partial charge in [-0.2, -0.15) is 0 Å². The Hall–Kier alpha value is -5.39. The van der Waals surface area contributed by atoms with Gasteiger partial charge >= 0.3 is 12.1 Å². The lowest BCUT2D eigenvalue weighted by Gasteiger charge is -2.45. The monoisotopic (exact) mass is 896 g/mol. The summed E-state index contributed by atoms with van der Waals surface area (Å²) in [5, 5.41) is 8.13. The summed E-state index contributed by atoms with van der Waals surface area (Å²) in [6, 6.07) is 7.68. The number of ether oxygens (including phenoxy) is 3. The molecule has 4 aliphatic rings. The molecule has 1 aromatic carbocycles. The fraction of sp³-hybridized carbons (Fsp3) is 0.553. The van der Waals surface area contributed by atoms with Crippen molar-refractivity contribution in [2.24, 2.45) is 16.7 Å². The molecular formula is C47H60N8O8S. The molecule has 2 N–H and O–H groups in total. The van der Waals surface area contributed by atoms with Crippen molar-refractivity contribution in [3.8, 4) is 22.5 Å². The summed E-state index contributed by atoms with van der Waals surface area (Å²) in [7, 11) is 2.99. The number of pyridine rings is 1. The zero-order valence-electron chi connectivity index (χ0n) is 38.1. The lowest BCUT2D eigenvalue weighted by Crippen LogP contribution is -2.64. The van der Waals surface area contributed by atoms with Crippen molar-refractivity contribution >= 4 is 52.0 Å². The second kappa shape index (κ2) is 17.9. The number of hydrogen-bond donors (Lipinski definition) is 2. The number of hydrazine groups is 1. The molecule has 0 aliphatic carbocycles. The van der Waals surface area contributed by atoms with Gasteiger partial charge in [0.05, 0.1) is 47.3 Å². The molecule has 16 nitrogen and oxygen atoms in total. The largest absolute Gasteiger partial charge is 0.464 e. The average Bonchev–Trinajstić information content (AvgIpc) is 3.97. The van der Waals surface area contributed by atoms with Gasteiger partial charge in [0, 0.05) is 85.3 Å². The summed E-state index contributed by atoms with van der Waals surface area (Å²) in [5.41, 5.74) is 8.50. The van der Waals surface area contributed by atoms with Crippen LogP contribution in [0.5, 0.6) is 0 Å². The van der Waals surface area contributed by atoms with E-state index in [2.05, 4.69) is 60.3 Å². The van der Waals surface area contributed by atoms with E-state index in [-0.39, 0.29) is 44.0 Å². The van der Waals surface area contributed by atoms with E-state index in [0.29, 0.717) is 50.3 Å². The summed E-state index contributed by atoms with van der Waals surface area (Å²) in [6.07, 6.45) is 3.22. The van der Waals surface area contributed by atoms with E-state index in [4.69, 9.17) is 24.2 Å². The van der Waals surface area contributed by atoms with Gasteiger partial charge < -0.3 is 33.9 Å². The highest BCUT2D eigenvalue weighted by Gasteiger charge is 2.58. The Kier molecular flexibility index (Phi) is 12.6. The molecule has 3 fully saturated rings. The lowest BCUT2D eigenvalue weighted by atomic mass is 9.78. The predicted octanol–water partition coefficient (Wildman–Crippen LogP) is 5.53. The molecular weight excluding hydrogens is 837 g/mol. The molecule has 3 aromatic heterocycles. The first-order chi connectivity index (χ1) is 30.6. The predicted molar refractivity (Wildman–Crippen MR) is 241 cm³/mol. The minimum atomic E-state index is -1.07. The number of aromatic nitrogens is 3. The molecule has 7 heterocycles. The number of carbonyl (C=O) groups is 5. The van der Waals surface area contributed by atoms with Crippen LogP contribution in [-0.2, 0) is 52.8 Å². The molecule has 1 spiro atoms. The molecule has 0 radical (unpaired) electrons. The second-order valence-corrected chi connectivity index (χ2v) is 19.8. The number of esters is 1. The number of amides is 4. The second-order valence-electron chi connectivity index (χ2n) is 18.8. The average molecular weight is 897 g/mol. The number of fused-ring (bicyclic) bond motifs is 6. The maximum atomic E-state index is 14.6. The van der Waals surface area contributed by atoms with E-state index in [1.807, 2.05) is 32.2 Å². The van der Waals surface area contributed by atoms with Crippen molar-refractivity contribution in [2.75, 3.05) is 47.0 Å². The number of aryl methyl sites for hydroxylation is 1. The van der Waals surface area contributed by atoms with Gasteiger partial charge in [0.15, 0.2) is 0 Å². The number of rotatable bonds is 8. The highest BCUT2D eigenvalue weighted by Crippen LogP contribution is 2.44. The first kappa shape index (κ1) is 45.2. The van der Waals surface area contributed by atoms with Crippen LogP contribution in [0.25, 0.3) is 33.4 Å². The van der Waals surface area contributed by atoms with Gasteiger partial charge in [-0.1, -0.05) is 33.8 Å². The van der Waals surface area contributed by atoms with Crippen molar-refractivity contribution in [3.63, 3.8) is 0 Å². The molecule has 0 saturated carbocycles. The number of nitrogens with one attached hydrogen (secondary N) is 2. The van der Waals surface area contributed by atoms with Crippen molar-refractivity contribution in [3.05, 3.63) is 58.2 Å². The van der Waals surface area contributed by atoms with Crippen LogP contribution in [0.2, 0.25) is 0 Å². The minimum absolute atomic E-state index is 0.0822. The Balaban J connectivity index is 1.16. The minimum Gasteiger partial charge on any atom is -0.464 e. The molecule has 64 heavy (non-hydrogen) atoms. The molecule has 4 atom stereocenters. The Morgan fingerprint density at radius 2 is 1.88 bits per heavy atom. The molecule has 6 bridgehead atoms. The van der Waals surface area contributed by atoms with Gasteiger partial charge in [0.2, 0.25) is 11.8 Å². The topological polar surface area (TPSA) is 178 Å². The van der Waals surface area contributed by atoms with Gasteiger partial charge in [-0.25, -0.2) is 15.2 Å². The quantitative estimate of drug-likeness (QED) is 0.213. The molecule has 4 aliphatic heterocycles. The lowest BCUT2D eigenvalue weighted by molar-refractivity contribution is -0.155. The molecule has 4 amide bonds. The molecule has 3 saturated heterocycles. The first-order valence-electron chi connectivity index (χ1n) is 22.3. The van der Waals surface area contributed by atoms with Crippen LogP contribution >= 0.6 is 11.3 Å². The van der Waals surface area contributed by atoms with Crippen LogP contribution in [0.1, 0.15) is 83.2 Å². The third-order valence-electron chi connectivity index (χ3n) is 13.4. The number of hydrogen-bond acceptors (Lipinski definition) is 12. The molecule has 342 valence electrons. The third kappa shape index (κ3) is 8.37. The first-order valence-corrected chi connectivity index (χ1v) is 23.2. The molecule has 4 aromatic rings. The van der Waals surface area contributed by atoms with Gasteiger partial charge in [-0.15, -0.1) is 11.3 Å². The van der Waals surface area contributed by atoms with Gasteiger partial charge in [-0.3, -0.25) is 29.2 Å². The van der Waals surface area contributed by atoms with E-state index in [0.717, 1.165) is 44.7 Å². The van der Waals surface area contributed by atoms with Gasteiger partial charge in [0.25, 0.3) is 5.91 Å². The standard InChI is InChI=1S/C47H60N8O8S/c1-9-53-36-15-14-29-20-31(36)32(40(53)30-12-10-17-48-38(30)28(4)61-7)22-46(5,6)26-63-43(58)33-13-11-18-55(51-33)42(57)34(21-37-49-35(29)23-64-37)50-41(56)39(27(2)3)54-19-16-47(44(54)59)24-52(25-47)45(60)62-8/h10,12,14-15,17,20,23,27-28,33-34,39,51H,9,11,13,16,18-19,21-22,24-26H2,1-8H3,(H,50,56)/t28-,33-,34-,39?/m0/s1. The number of methoxy groups -OCH3 is 2. The Bertz CT molecular complexity index is 2460. The number of carbonyl (C=O) groups excluding carboxylic acids is 5. The van der Waals surface area contributed by atoms with Crippen LogP contribution in [0.3, 0.4) is 0 Å². The van der Waals surface area contributed by atoms with Crippen LogP contribution < -0.4 is 10.7 Å². The molecule has 1 unspecified atom stereocenters. The van der Waals surface area contributed by atoms with Crippen molar-refractivity contribution < 1.29 is 38.2 Å². The van der Waals surface area contributed by atoms with E-state index in [9.17, 15) is 24.0 Å². The Morgan fingerprint density at radius 1 is 1.09 bits per heavy atom. The number of likely N-dealkylation sites (tertiary alicyclic amines) is 2. The zero-order chi connectivity index (χ0) is 45.7. The SMILES string of the molecule is CCn1c(-c2cccnc2[C@H](C)OC)c2c3cc(ccc31)-c1csc(n1)C[C@H](NC(=O)C(C(C)C)N1CCC3(CN(C(=O)OC)C3)C1=O)C(=O)N1CCC[C@H](N1)C(=O)OCC(C)(C)C2. The summed E-state index contributed by atoms with van der Waals surface area (Å²) < 4.78 is 19.1. The van der Waals surface area contributed by atoms with E-state index < -0.39 is 52.8 Å². The van der Waals surface area contributed by atoms with Crippen molar-refractivity contribution in [1.29, 1.82) is 0 Å². The summed E-state index contributed by atoms with van der Waals surface area (Å²) in [4.78, 5) is 82.1. The number of nitrogens with zero attached hydrogens (tertiary/aromatic N) is 6. The number of cyclic esters (lactones) is 1. The summed E-state index contributed by atoms with van der Waals surface area (Å²) in [5.74, 6) is -1.80. The summed E-state index contributed by atoms with van der Waals surface area (Å²) in [6.45, 7) is 14.0. The maximum absolute atomic E-state index is 14.6. The highest BCUT2D eigenvalue weighted by molar-refractivity contribution is 7.10. The Labute approximate surface area is 378 Å². The zero-order valence-corrected chi connectivity index (χ0v) is 38.9. The van der Waals surface area contributed by atoms with Crippen LogP contribution in [0.4, 0.5) is 4.79 Å². The van der Waals surface area contributed by atoms with E-state index in [1.54, 1.807) is 18.2 Å². The van der Waals surface area contributed by atoms with Gasteiger partial charge in [-0.05, 0) is 75.3 Å².